The standard InChI is InChI=1S/2C9H7.2C7H7.Zr/c2*1-2-5-9-7-3-6-8(9)4-1;2*1-7-5-3-2-4-6-7;/h2*1-7H;2*2-6H,1H2;. The molecule has 6 rings (SSSR count). The van der Waals surface area contributed by atoms with Gasteiger partial charge in [0.25, 0.3) is 0 Å². The van der Waals surface area contributed by atoms with Gasteiger partial charge in [0.1, 0.15) is 0 Å². The molecule has 0 N–H and O–H groups in total. The fourth-order valence-corrected chi connectivity index (χ4v) is 21.2. The number of benzene rings is 4. The van der Waals surface area contributed by atoms with Crippen LogP contribution >= 0.6 is 0 Å². The summed E-state index contributed by atoms with van der Waals surface area (Å²) in [5.41, 5.74) is 8.94. The molecule has 0 amide bonds. The molecule has 0 nitrogen and oxygen atoms in total. The Labute approximate surface area is 201 Å². The Kier molecular flexibility index (Phi) is 5.61. The van der Waals surface area contributed by atoms with Crippen molar-refractivity contribution < 1.29 is 20.3 Å². The van der Waals surface area contributed by atoms with Gasteiger partial charge >= 0.3 is 203 Å². The molecular weight excluding hydrogens is 476 g/mol. The number of fused-ring (bicyclic) bond motifs is 2. The summed E-state index contributed by atoms with van der Waals surface area (Å²) in [4.78, 5) is 0. The van der Waals surface area contributed by atoms with Crippen molar-refractivity contribution >= 4 is 12.2 Å². The molecule has 0 bridgehead atoms. The maximum atomic E-state index is 2.57. The monoisotopic (exact) mass is 502 g/mol. The van der Waals surface area contributed by atoms with E-state index in [0.717, 1.165) is 0 Å². The first-order chi connectivity index (χ1) is 16.3. The van der Waals surface area contributed by atoms with Gasteiger partial charge in [-0.3, -0.25) is 0 Å². The molecule has 0 fully saturated rings. The Bertz CT molecular complexity index is 1210. The topological polar surface area (TPSA) is 0 Å². The predicted molar refractivity (Wildman–Crippen MR) is 137 cm³/mol. The first-order valence-electron chi connectivity index (χ1n) is 12.0. The fourth-order valence-electron chi connectivity index (χ4n) is 6.15. The molecule has 0 spiro atoms. The molecule has 160 valence electrons. The average molecular weight is 504 g/mol. The minimum atomic E-state index is -3.15. The van der Waals surface area contributed by atoms with E-state index in [2.05, 4.69) is 133 Å². The molecule has 2 unspecified atom stereocenters. The Hall–Kier alpha value is -2.76. The fraction of sp³-hybridized carbons (Fsp3) is 0.125. The van der Waals surface area contributed by atoms with Crippen molar-refractivity contribution in [1.82, 2.24) is 0 Å². The van der Waals surface area contributed by atoms with Gasteiger partial charge in [0.2, 0.25) is 0 Å². The first kappa shape index (κ1) is 20.8. The van der Waals surface area contributed by atoms with Crippen molar-refractivity contribution in [1.29, 1.82) is 0 Å². The van der Waals surface area contributed by atoms with E-state index < -0.39 is 20.3 Å². The molecule has 0 radical (unpaired) electrons. The van der Waals surface area contributed by atoms with Gasteiger partial charge in [0.15, 0.2) is 0 Å². The van der Waals surface area contributed by atoms with Crippen LogP contribution in [-0.4, -0.2) is 0 Å². The first-order valence-corrected chi connectivity index (χ1v) is 18.3. The number of hydrogen-bond donors (Lipinski definition) is 0. The van der Waals surface area contributed by atoms with Gasteiger partial charge in [0, 0.05) is 0 Å². The van der Waals surface area contributed by atoms with Gasteiger partial charge in [-0.15, -0.1) is 0 Å². The van der Waals surface area contributed by atoms with Crippen molar-refractivity contribution in [3.05, 3.63) is 155 Å². The Morgan fingerprint density at radius 2 is 0.848 bits per heavy atom. The van der Waals surface area contributed by atoms with Crippen LogP contribution in [0.2, 0.25) is 0 Å². The second-order valence-electron chi connectivity index (χ2n) is 9.49. The summed E-state index contributed by atoms with van der Waals surface area (Å²) < 4.78 is 3.57. The van der Waals surface area contributed by atoms with Gasteiger partial charge in [0.05, 0.1) is 0 Å². The molecule has 0 saturated carbocycles. The molecule has 2 atom stereocenters. The molecule has 0 aromatic heterocycles. The Morgan fingerprint density at radius 1 is 0.455 bits per heavy atom. The third kappa shape index (κ3) is 3.83. The summed E-state index contributed by atoms with van der Waals surface area (Å²) in [6.45, 7) is 0. The number of rotatable bonds is 6. The van der Waals surface area contributed by atoms with Gasteiger partial charge < -0.3 is 0 Å². The molecule has 2 aliphatic rings. The second-order valence-corrected chi connectivity index (χ2v) is 20.3. The zero-order chi connectivity index (χ0) is 22.1. The molecule has 4 aromatic rings. The molecule has 33 heavy (non-hydrogen) atoms. The minimum absolute atomic E-state index is 0.553. The summed E-state index contributed by atoms with van der Waals surface area (Å²) in [6.07, 6.45) is 9.93. The van der Waals surface area contributed by atoms with Crippen LogP contribution in [-0.2, 0) is 28.5 Å². The normalized spacial score (nSPS) is 18.3. The summed E-state index contributed by atoms with van der Waals surface area (Å²) in [5, 5.41) is 0. The van der Waals surface area contributed by atoms with Gasteiger partial charge in [-0.2, -0.15) is 0 Å². The van der Waals surface area contributed by atoms with E-state index in [1.807, 2.05) is 0 Å². The summed E-state index contributed by atoms with van der Waals surface area (Å²) in [5.74, 6) is 0. The molecule has 4 aromatic carbocycles. The van der Waals surface area contributed by atoms with Crippen molar-refractivity contribution in [2.45, 2.75) is 15.5 Å². The van der Waals surface area contributed by atoms with Gasteiger partial charge in [-0.05, 0) is 0 Å². The molecule has 0 saturated heterocycles. The molecule has 2 aliphatic carbocycles. The van der Waals surface area contributed by atoms with E-state index in [-0.39, 0.29) is 0 Å². The van der Waals surface area contributed by atoms with E-state index in [1.54, 1.807) is 11.1 Å². The summed E-state index contributed by atoms with van der Waals surface area (Å²) in [7, 11) is 0. The van der Waals surface area contributed by atoms with E-state index in [4.69, 9.17) is 0 Å². The third-order valence-electron chi connectivity index (χ3n) is 7.59. The predicted octanol–water partition coefficient (Wildman–Crippen LogP) is 8.08. The van der Waals surface area contributed by atoms with Crippen LogP contribution in [0.25, 0.3) is 12.2 Å². The van der Waals surface area contributed by atoms with Crippen LogP contribution in [0.15, 0.2) is 121 Å². The van der Waals surface area contributed by atoms with E-state index in [0.29, 0.717) is 7.25 Å². The van der Waals surface area contributed by atoms with Gasteiger partial charge in [-0.1, -0.05) is 0 Å². The van der Waals surface area contributed by atoms with Crippen molar-refractivity contribution in [3.8, 4) is 0 Å². The Balaban J connectivity index is 1.57. The molecular formula is C32H28Zr. The van der Waals surface area contributed by atoms with E-state index in [9.17, 15) is 0 Å². The summed E-state index contributed by atoms with van der Waals surface area (Å²) in [6, 6.07) is 40.8. The number of hydrogen-bond acceptors (Lipinski definition) is 0. The average Bonchev–Trinajstić information content (AvgIpc) is 3.50. The van der Waals surface area contributed by atoms with Crippen molar-refractivity contribution in [3.63, 3.8) is 0 Å². The van der Waals surface area contributed by atoms with Gasteiger partial charge in [-0.25, -0.2) is 0 Å². The van der Waals surface area contributed by atoms with E-state index >= 15 is 0 Å². The van der Waals surface area contributed by atoms with Crippen LogP contribution in [0.5, 0.6) is 0 Å². The van der Waals surface area contributed by atoms with Crippen LogP contribution < -0.4 is 0 Å². The maximum absolute atomic E-state index is 3.15. The zero-order valence-electron chi connectivity index (χ0n) is 18.8. The van der Waals surface area contributed by atoms with Crippen LogP contribution in [0.1, 0.15) is 40.6 Å². The van der Waals surface area contributed by atoms with Crippen LogP contribution in [0, 0.1) is 0 Å². The molecule has 1 heteroatoms. The van der Waals surface area contributed by atoms with Crippen LogP contribution in [0.4, 0.5) is 0 Å². The third-order valence-corrected chi connectivity index (χ3v) is 21.4. The SMILES string of the molecule is C1=C[CH]([Zr]([CH2]c2ccccc2)([CH2]c2ccccc2)[CH]2C=Cc3ccccc32)c2ccccc21. The molecule has 0 heterocycles. The number of allylic oxidation sites excluding steroid dienone is 2. The van der Waals surface area contributed by atoms with Crippen molar-refractivity contribution in [2.24, 2.45) is 0 Å². The zero-order valence-corrected chi connectivity index (χ0v) is 21.2. The van der Waals surface area contributed by atoms with E-state index in [1.165, 1.54) is 30.5 Å². The quantitative estimate of drug-likeness (QED) is 0.249. The summed E-state index contributed by atoms with van der Waals surface area (Å²) >= 11 is -3.15. The molecule has 0 aliphatic heterocycles. The second kappa shape index (κ2) is 8.88. The Morgan fingerprint density at radius 3 is 1.30 bits per heavy atom. The van der Waals surface area contributed by atoms with Crippen LogP contribution in [0.3, 0.4) is 0 Å². The van der Waals surface area contributed by atoms with Crippen molar-refractivity contribution in [2.75, 3.05) is 0 Å².